The molecule has 116 valence electrons. The molecule has 0 heterocycles. The van der Waals surface area contributed by atoms with Gasteiger partial charge in [0.05, 0.1) is 0 Å². The first-order valence-electron chi connectivity index (χ1n) is 6.48. The maximum absolute atomic E-state index is 13.3. The maximum Gasteiger partial charge on any atom is 0.303 e. The van der Waals surface area contributed by atoms with Crippen molar-refractivity contribution in [3.05, 3.63) is 29.8 Å². The molecule has 2 N–H and O–H groups in total. The highest BCUT2D eigenvalue weighted by Crippen LogP contribution is 2.17. The van der Waals surface area contributed by atoms with E-state index < -0.39 is 30.1 Å². The average molecular weight is 301 g/mol. The molecule has 0 radical (unpaired) electrons. The van der Waals surface area contributed by atoms with E-state index in [2.05, 4.69) is 5.32 Å². The van der Waals surface area contributed by atoms with E-state index in [1.54, 1.807) is 0 Å². The lowest BCUT2D eigenvalue weighted by atomic mass is 10.0. The van der Waals surface area contributed by atoms with Crippen LogP contribution in [0, 0.1) is 17.6 Å². The molecule has 0 fully saturated rings. The molecule has 1 aromatic rings. The summed E-state index contributed by atoms with van der Waals surface area (Å²) in [6, 6.07) is 2.78. The number of carbonyl (C=O) groups excluding carboxylic acids is 1. The van der Waals surface area contributed by atoms with E-state index >= 15 is 0 Å². The van der Waals surface area contributed by atoms with Crippen LogP contribution in [0.3, 0.4) is 0 Å². The second kappa shape index (κ2) is 8.18. The van der Waals surface area contributed by atoms with E-state index in [1.165, 1.54) is 0 Å². The Morgan fingerprint density at radius 3 is 2.67 bits per heavy atom. The zero-order valence-corrected chi connectivity index (χ0v) is 11.6. The third kappa shape index (κ3) is 6.20. The summed E-state index contributed by atoms with van der Waals surface area (Å²) in [7, 11) is 0. The van der Waals surface area contributed by atoms with Crippen LogP contribution in [0.15, 0.2) is 18.2 Å². The summed E-state index contributed by atoms with van der Waals surface area (Å²) < 4.78 is 30.9. The third-order valence-corrected chi connectivity index (χ3v) is 2.88. The van der Waals surface area contributed by atoms with Gasteiger partial charge in [-0.1, -0.05) is 13.3 Å². The topological polar surface area (TPSA) is 75.6 Å². The summed E-state index contributed by atoms with van der Waals surface area (Å²) >= 11 is 0. The van der Waals surface area contributed by atoms with Gasteiger partial charge in [0.25, 0.3) is 5.91 Å². The fraction of sp³-hybridized carbons (Fsp3) is 0.429. The number of carboxylic acids is 1. The molecule has 1 rings (SSSR count). The maximum atomic E-state index is 13.3. The number of halogens is 2. The van der Waals surface area contributed by atoms with Gasteiger partial charge in [0, 0.05) is 19.0 Å². The van der Waals surface area contributed by atoms with E-state index in [1.807, 2.05) is 6.92 Å². The van der Waals surface area contributed by atoms with Gasteiger partial charge in [-0.15, -0.1) is 0 Å². The van der Waals surface area contributed by atoms with Crippen molar-refractivity contribution in [2.75, 3.05) is 13.2 Å². The summed E-state index contributed by atoms with van der Waals surface area (Å²) in [5.74, 6) is -3.44. The summed E-state index contributed by atoms with van der Waals surface area (Å²) in [4.78, 5) is 22.1. The molecule has 5 nitrogen and oxygen atoms in total. The lowest BCUT2D eigenvalue weighted by Gasteiger charge is -2.13. The number of hydrogen-bond acceptors (Lipinski definition) is 3. The monoisotopic (exact) mass is 301 g/mol. The van der Waals surface area contributed by atoms with Crippen LogP contribution in [0.1, 0.15) is 19.8 Å². The Morgan fingerprint density at radius 2 is 2.10 bits per heavy atom. The quantitative estimate of drug-likeness (QED) is 0.769. The summed E-state index contributed by atoms with van der Waals surface area (Å²) in [5, 5.41) is 11.2. The van der Waals surface area contributed by atoms with Crippen LogP contribution >= 0.6 is 0 Å². The SMILES string of the molecule is CCC(CNC(=O)COc1ccc(F)cc1F)CC(=O)O. The van der Waals surface area contributed by atoms with E-state index in [0.29, 0.717) is 12.5 Å². The molecule has 0 bridgehead atoms. The highest BCUT2D eigenvalue weighted by Gasteiger charge is 2.13. The minimum absolute atomic E-state index is 0.0375. The summed E-state index contributed by atoms with van der Waals surface area (Å²) in [6.45, 7) is 1.60. The van der Waals surface area contributed by atoms with Gasteiger partial charge in [0.1, 0.15) is 5.82 Å². The zero-order valence-electron chi connectivity index (χ0n) is 11.6. The predicted molar refractivity (Wildman–Crippen MR) is 70.9 cm³/mol. The molecule has 0 saturated heterocycles. The fourth-order valence-electron chi connectivity index (χ4n) is 1.65. The van der Waals surface area contributed by atoms with Gasteiger partial charge in [0.2, 0.25) is 0 Å². The van der Waals surface area contributed by atoms with Gasteiger partial charge in [-0.2, -0.15) is 0 Å². The standard InChI is InChI=1S/C14H17F2NO4/c1-2-9(5-14(19)20)7-17-13(18)8-21-12-4-3-10(15)6-11(12)16/h3-4,6,9H,2,5,7-8H2,1H3,(H,17,18)(H,19,20). The molecule has 0 spiro atoms. The molecular formula is C14H17F2NO4. The number of hydrogen-bond donors (Lipinski definition) is 2. The highest BCUT2D eigenvalue weighted by atomic mass is 19.1. The van der Waals surface area contributed by atoms with E-state index in [9.17, 15) is 18.4 Å². The minimum atomic E-state index is -0.930. The van der Waals surface area contributed by atoms with Crippen molar-refractivity contribution in [2.24, 2.45) is 5.92 Å². The normalized spacial score (nSPS) is 11.8. The van der Waals surface area contributed by atoms with Crippen LogP contribution in [0.4, 0.5) is 8.78 Å². The smallest absolute Gasteiger partial charge is 0.303 e. The summed E-state index contributed by atoms with van der Waals surface area (Å²) in [5.41, 5.74) is 0. The first-order valence-corrected chi connectivity index (χ1v) is 6.48. The number of rotatable bonds is 8. The number of carboxylic acid groups (broad SMARTS) is 1. The molecule has 7 heteroatoms. The average Bonchev–Trinajstić information content (AvgIpc) is 2.42. The molecule has 0 aliphatic heterocycles. The van der Waals surface area contributed by atoms with E-state index in [-0.39, 0.29) is 24.6 Å². The molecule has 0 aromatic heterocycles. The van der Waals surface area contributed by atoms with Crippen molar-refractivity contribution < 1.29 is 28.2 Å². The molecule has 0 aliphatic carbocycles. The number of nitrogens with one attached hydrogen (secondary N) is 1. The molecule has 0 aliphatic rings. The van der Waals surface area contributed by atoms with E-state index in [4.69, 9.17) is 9.84 Å². The van der Waals surface area contributed by atoms with Gasteiger partial charge in [-0.3, -0.25) is 9.59 Å². The Bertz CT molecular complexity index is 508. The molecular weight excluding hydrogens is 284 g/mol. The molecule has 0 saturated carbocycles. The van der Waals surface area contributed by atoms with Crippen LogP contribution in [0.2, 0.25) is 0 Å². The number of aliphatic carboxylic acids is 1. The third-order valence-electron chi connectivity index (χ3n) is 2.88. The van der Waals surface area contributed by atoms with Gasteiger partial charge in [-0.25, -0.2) is 8.78 Å². The number of amides is 1. The Balaban J connectivity index is 2.38. The highest BCUT2D eigenvalue weighted by molar-refractivity contribution is 5.77. The molecule has 21 heavy (non-hydrogen) atoms. The Morgan fingerprint density at radius 1 is 1.38 bits per heavy atom. The lowest BCUT2D eigenvalue weighted by molar-refractivity contribution is -0.138. The van der Waals surface area contributed by atoms with Crippen LogP contribution in [0.5, 0.6) is 5.75 Å². The molecule has 1 unspecified atom stereocenters. The van der Waals surface area contributed by atoms with Crippen LogP contribution in [0.25, 0.3) is 0 Å². The van der Waals surface area contributed by atoms with Crippen molar-refractivity contribution in [3.63, 3.8) is 0 Å². The second-order valence-corrected chi connectivity index (χ2v) is 4.54. The molecule has 1 aromatic carbocycles. The van der Waals surface area contributed by atoms with Gasteiger partial charge >= 0.3 is 5.97 Å². The number of carbonyl (C=O) groups is 2. The van der Waals surface area contributed by atoms with Crippen LogP contribution < -0.4 is 10.1 Å². The van der Waals surface area contributed by atoms with E-state index in [0.717, 1.165) is 12.1 Å². The summed E-state index contributed by atoms with van der Waals surface area (Å²) in [6.07, 6.45) is 0.574. The largest absolute Gasteiger partial charge is 0.481 e. The van der Waals surface area contributed by atoms with Crippen molar-refractivity contribution in [3.8, 4) is 5.75 Å². The molecule has 1 atom stereocenters. The zero-order chi connectivity index (χ0) is 15.8. The van der Waals surface area contributed by atoms with Crippen molar-refractivity contribution in [1.82, 2.24) is 5.32 Å². The molecule has 1 amide bonds. The van der Waals surface area contributed by atoms with Gasteiger partial charge < -0.3 is 15.2 Å². The Hall–Kier alpha value is -2.18. The minimum Gasteiger partial charge on any atom is -0.481 e. The Kier molecular flexibility index (Phi) is 6.58. The number of benzene rings is 1. The number of ether oxygens (including phenoxy) is 1. The van der Waals surface area contributed by atoms with Crippen LogP contribution in [-0.2, 0) is 9.59 Å². The van der Waals surface area contributed by atoms with Crippen molar-refractivity contribution >= 4 is 11.9 Å². The first kappa shape index (κ1) is 16.9. The van der Waals surface area contributed by atoms with Crippen molar-refractivity contribution in [1.29, 1.82) is 0 Å². The second-order valence-electron chi connectivity index (χ2n) is 4.54. The fourth-order valence-corrected chi connectivity index (χ4v) is 1.65. The predicted octanol–water partition coefficient (Wildman–Crippen LogP) is 1.96. The first-order chi connectivity index (χ1) is 9.92. The van der Waals surface area contributed by atoms with Gasteiger partial charge in [0.15, 0.2) is 18.2 Å². The Labute approximate surface area is 120 Å². The van der Waals surface area contributed by atoms with Gasteiger partial charge in [-0.05, 0) is 18.1 Å². The lowest BCUT2D eigenvalue weighted by Crippen LogP contribution is -2.33. The van der Waals surface area contributed by atoms with Crippen LogP contribution in [-0.4, -0.2) is 30.1 Å². The van der Waals surface area contributed by atoms with Crippen molar-refractivity contribution in [2.45, 2.75) is 19.8 Å².